The van der Waals surface area contributed by atoms with Crippen LogP contribution >= 0.6 is 0 Å². The molecule has 0 bridgehead atoms. The van der Waals surface area contributed by atoms with Gasteiger partial charge in [0.2, 0.25) is 0 Å². The summed E-state index contributed by atoms with van der Waals surface area (Å²) < 4.78 is 5.62. The molecule has 1 atom stereocenters. The number of phenolic OH excluding ortho intramolecular Hbond substituents is 5. The van der Waals surface area contributed by atoms with Gasteiger partial charge in [-0.2, -0.15) is 0 Å². The van der Waals surface area contributed by atoms with Gasteiger partial charge in [0.05, 0.1) is 6.26 Å². The van der Waals surface area contributed by atoms with Crippen LogP contribution in [0, 0.1) is 0 Å². The molecule has 35 heavy (non-hydrogen) atoms. The van der Waals surface area contributed by atoms with E-state index in [4.69, 9.17) is 9.53 Å². The number of carbonyl (C=O) groups is 2. The van der Waals surface area contributed by atoms with Crippen LogP contribution in [0.2, 0.25) is 0 Å². The van der Waals surface area contributed by atoms with Crippen molar-refractivity contribution >= 4 is 30.0 Å². The summed E-state index contributed by atoms with van der Waals surface area (Å²) in [5.41, 5.74) is 2.70. The molecule has 0 saturated carbocycles. The van der Waals surface area contributed by atoms with Crippen molar-refractivity contribution in [3.05, 3.63) is 83.1 Å². The maximum atomic E-state index is 11.8. The molecule has 0 spiro atoms. The minimum Gasteiger partial charge on any atom is -0.508 e. The molecule has 0 aromatic heterocycles. The van der Waals surface area contributed by atoms with E-state index in [1.54, 1.807) is 30.3 Å². The molecule has 1 unspecified atom stereocenters. The van der Waals surface area contributed by atoms with Crippen molar-refractivity contribution in [1.29, 1.82) is 0 Å². The van der Waals surface area contributed by atoms with E-state index in [1.807, 2.05) is 6.79 Å². The van der Waals surface area contributed by atoms with Gasteiger partial charge < -0.3 is 40.2 Å². The normalized spacial score (nSPS) is 13.8. The van der Waals surface area contributed by atoms with Gasteiger partial charge in [-0.3, -0.25) is 0 Å². The molecule has 3 aromatic rings. The number of fused-ring (bicyclic) bond motifs is 1. The van der Waals surface area contributed by atoms with Gasteiger partial charge >= 0.3 is 5.97 Å². The second-order valence-corrected chi connectivity index (χ2v) is 7.52. The van der Waals surface area contributed by atoms with Crippen molar-refractivity contribution in [3.8, 4) is 28.7 Å². The van der Waals surface area contributed by atoms with E-state index < -0.39 is 12.1 Å². The van der Waals surface area contributed by atoms with Crippen LogP contribution in [0.1, 0.15) is 22.3 Å². The molecule has 1 aliphatic carbocycles. The second-order valence-electron chi connectivity index (χ2n) is 7.52. The summed E-state index contributed by atoms with van der Waals surface area (Å²) in [5.74, 6) is -2.56. The number of aromatic hydroxyl groups is 5. The first kappa shape index (κ1) is 24.7. The number of ether oxygens (including phenoxy) is 1. The molecular formula is C26H22O9. The lowest BCUT2D eigenvalue weighted by Gasteiger charge is -2.15. The standard InChI is InChI=1S/C25H20O8.CH2O/c26-15-3-1-2-13(8-15)9-23(25(31)32)33-12-19-16-5-7-21(28)24(30)18(16)11-17(19)14-4-6-20(27)22(29)10-14;1-2/h1-8,10-12,23,26-30H,9H2,(H,31,32);1H2/b19-12-;. The summed E-state index contributed by atoms with van der Waals surface area (Å²) in [6.45, 7) is 2.00. The number of rotatable bonds is 6. The Morgan fingerprint density at radius 3 is 2.29 bits per heavy atom. The lowest BCUT2D eigenvalue weighted by molar-refractivity contribution is -0.146. The minimum atomic E-state index is -1.27. The molecule has 9 nitrogen and oxygen atoms in total. The van der Waals surface area contributed by atoms with Crippen LogP contribution in [0.25, 0.3) is 17.2 Å². The van der Waals surface area contributed by atoms with Crippen LogP contribution < -0.4 is 0 Å². The number of phenols is 5. The highest BCUT2D eigenvalue weighted by Crippen LogP contribution is 2.48. The second kappa shape index (κ2) is 10.3. The zero-order chi connectivity index (χ0) is 25.7. The molecule has 0 fully saturated rings. The fraction of sp³-hybridized carbons (Fsp3) is 0.0769. The lowest BCUT2D eigenvalue weighted by atomic mass is 9.98. The molecule has 4 rings (SSSR count). The van der Waals surface area contributed by atoms with E-state index in [1.165, 1.54) is 36.6 Å². The van der Waals surface area contributed by atoms with E-state index in [2.05, 4.69) is 0 Å². The average molecular weight is 478 g/mol. The number of hydrogen-bond donors (Lipinski definition) is 6. The average Bonchev–Trinajstić information content (AvgIpc) is 3.21. The van der Waals surface area contributed by atoms with Gasteiger partial charge in [-0.25, -0.2) is 4.79 Å². The Kier molecular flexibility index (Phi) is 7.31. The molecule has 0 amide bonds. The molecule has 0 aliphatic heterocycles. The van der Waals surface area contributed by atoms with Crippen molar-refractivity contribution in [2.24, 2.45) is 0 Å². The summed E-state index contributed by atoms with van der Waals surface area (Å²) >= 11 is 0. The number of aliphatic carboxylic acids is 1. The Hall–Kier alpha value is -4.92. The first-order valence-electron chi connectivity index (χ1n) is 10.2. The topological polar surface area (TPSA) is 165 Å². The van der Waals surface area contributed by atoms with Gasteiger partial charge in [0, 0.05) is 17.6 Å². The molecule has 3 aromatic carbocycles. The monoisotopic (exact) mass is 478 g/mol. The molecule has 0 heterocycles. The number of carbonyl (C=O) groups excluding carboxylic acids is 1. The lowest BCUT2D eigenvalue weighted by Crippen LogP contribution is -2.24. The summed E-state index contributed by atoms with van der Waals surface area (Å²) in [6, 6.07) is 13.2. The number of carboxylic acid groups (broad SMARTS) is 1. The summed E-state index contributed by atoms with van der Waals surface area (Å²) in [5, 5.41) is 59.0. The van der Waals surface area contributed by atoms with E-state index in [9.17, 15) is 35.4 Å². The zero-order valence-electron chi connectivity index (χ0n) is 18.3. The van der Waals surface area contributed by atoms with Gasteiger partial charge in [0.15, 0.2) is 29.1 Å². The third-order valence-corrected chi connectivity index (χ3v) is 5.31. The van der Waals surface area contributed by atoms with Crippen LogP contribution in [-0.4, -0.2) is 49.5 Å². The Bertz CT molecular complexity index is 1320. The fourth-order valence-electron chi connectivity index (χ4n) is 3.64. The number of allylic oxidation sites excluding steroid dienone is 2. The first-order chi connectivity index (χ1) is 16.7. The van der Waals surface area contributed by atoms with Crippen LogP contribution in [0.3, 0.4) is 0 Å². The Labute approximate surface area is 199 Å². The van der Waals surface area contributed by atoms with E-state index in [0.29, 0.717) is 33.4 Å². The van der Waals surface area contributed by atoms with Crippen LogP contribution in [0.4, 0.5) is 0 Å². The first-order valence-corrected chi connectivity index (χ1v) is 10.2. The van der Waals surface area contributed by atoms with Gasteiger partial charge in [-0.15, -0.1) is 0 Å². The van der Waals surface area contributed by atoms with Crippen LogP contribution in [-0.2, 0) is 20.7 Å². The van der Waals surface area contributed by atoms with Gasteiger partial charge in [-0.05, 0) is 64.7 Å². The number of carboxylic acids is 1. The molecule has 6 N–H and O–H groups in total. The Morgan fingerprint density at radius 1 is 0.914 bits per heavy atom. The van der Waals surface area contributed by atoms with E-state index in [0.717, 1.165) is 0 Å². The van der Waals surface area contributed by atoms with E-state index >= 15 is 0 Å². The molecule has 0 saturated heterocycles. The summed E-state index contributed by atoms with van der Waals surface area (Å²) in [4.78, 5) is 19.8. The number of benzene rings is 3. The zero-order valence-corrected chi connectivity index (χ0v) is 18.3. The van der Waals surface area contributed by atoms with E-state index in [-0.39, 0.29) is 35.2 Å². The molecule has 0 radical (unpaired) electrons. The Balaban J connectivity index is 0.00000167. The van der Waals surface area contributed by atoms with Crippen molar-refractivity contribution in [2.75, 3.05) is 0 Å². The molecular weight excluding hydrogens is 456 g/mol. The van der Waals surface area contributed by atoms with Gasteiger partial charge in [0.25, 0.3) is 0 Å². The Morgan fingerprint density at radius 2 is 1.63 bits per heavy atom. The predicted molar refractivity (Wildman–Crippen MR) is 127 cm³/mol. The molecule has 180 valence electrons. The van der Waals surface area contributed by atoms with Gasteiger partial charge in [-0.1, -0.05) is 18.2 Å². The third kappa shape index (κ3) is 5.19. The number of hydrogen-bond acceptors (Lipinski definition) is 8. The molecule has 1 aliphatic rings. The van der Waals surface area contributed by atoms with Crippen molar-refractivity contribution < 1.29 is 45.0 Å². The largest absolute Gasteiger partial charge is 0.508 e. The van der Waals surface area contributed by atoms with Crippen molar-refractivity contribution in [1.82, 2.24) is 0 Å². The van der Waals surface area contributed by atoms with Crippen LogP contribution in [0.5, 0.6) is 28.7 Å². The third-order valence-electron chi connectivity index (χ3n) is 5.31. The van der Waals surface area contributed by atoms with Crippen LogP contribution in [0.15, 0.2) is 60.9 Å². The molecule has 9 heteroatoms. The minimum absolute atomic E-state index is 0.00681. The highest BCUT2D eigenvalue weighted by molar-refractivity contribution is 6.18. The van der Waals surface area contributed by atoms with Crippen molar-refractivity contribution in [2.45, 2.75) is 12.5 Å². The fourth-order valence-corrected chi connectivity index (χ4v) is 3.64. The highest BCUT2D eigenvalue weighted by Gasteiger charge is 2.27. The summed E-state index contributed by atoms with van der Waals surface area (Å²) in [7, 11) is 0. The smallest absolute Gasteiger partial charge is 0.345 e. The quantitative estimate of drug-likeness (QED) is 0.229. The maximum absolute atomic E-state index is 11.8. The predicted octanol–water partition coefficient (Wildman–Crippen LogP) is 3.64. The summed E-state index contributed by atoms with van der Waals surface area (Å²) in [6.07, 6.45) is 1.53. The maximum Gasteiger partial charge on any atom is 0.345 e. The van der Waals surface area contributed by atoms with Gasteiger partial charge in [0.1, 0.15) is 12.5 Å². The highest BCUT2D eigenvalue weighted by atomic mass is 16.5. The SMILES string of the molecule is C=O.O=C(O)C(Cc1cccc(O)c1)O/C=C1\C(c2ccc(O)c(O)c2)=Cc2c1ccc(O)c2O. The van der Waals surface area contributed by atoms with Crippen molar-refractivity contribution in [3.63, 3.8) is 0 Å².